The first-order valence-electron chi connectivity index (χ1n) is 6.03. The summed E-state index contributed by atoms with van der Waals surface area (Å²) >= 11 is 0. The van der Waals surface area contributed by atoms with E-state index in [0.29, 0.717) is 0 Å². The highest BCUT2D eigenvalue weighted by molar-refractivity contribution is 5.87. The van der Waals surface area contributed by atoms with Crippen molar-refractivity contribution in [1.82, 2.24) is 5.32 Å². The van der Waals surface area contributed by atoms with Crippen molar-refractivity contribution >= 4 is 5.91 Å². The molecule has 1 aromatic carbocycles. The van der Waals surface area contributed by atoms with E-state index in [0.717, 1.165) is 5.56 Å². The molecule has 17 heavy (non-hydrogen) atoms. The van der Waals surface area contributed by atoms with Crippen LogP contribution in [0.5, 0.6) is 0 Å². The van der Waals surface area contributed by atoms with Gasteiger partial charge in [0.15, 0.2) is 0 Å². The zero-order valence-corrected chi connectivity index (χ0v) is 11.7. The summed E-state index contributed by atoms with van der Waals surface area (Å²) in [5.74, 6) is 0.0638. The van der Waals surface area contributed by atoms with E-state index in [1.165, 1.54) is 5.56 Å². The van der Waals surface area contributed by atoms with E-state index in [9.17, 15) is 4.79 Å². The van der Waals surface area contributed by atoms with E-state index in [1.54, 1.807) is 0 Å². The molecule has 0 bridgehead atoms. The summed E-state index contributed by atoms with van der Waals surface area (Å²) in [6, 6.07) is 8.14. The van der Waals surface area contributed by atoms with Crippen LogP contribution in [0.15, 0.2) is 24.3 Å². The molecule has 0 aromatic heterocycles. The first-order valence-corrected chi connectivity index (χ1v) is 6.03. The fourth-order valence-electron chi connectivity index (χ4n) is 1.60. The molecule has 0 atom stereocenters. The van der Waals surface area contributed by atoms with Crippen molar-refractivity contribution in [2.75, 3.05) is 0 Å². The smallest absolute Gasteiger partial charge is 0.230 e. The van der Waals surface area contributed by atoms with E-state index in [-0.39, 0.29) is 11.4 Å². The molecule has 1 rings (SSSR count). The third kappa shape index (κ3) is 3.58. The number of hydrogen-bond acceptors (Lipinski definition) is 1. The Balaban J connectivity index is 2.94. The van der Waals surface area contributed by atoms with Crippen LogP contribution in [0.3, 0.4) is 0 Å². The van der Waals surface area contributed by atoms with E-state index in [4.69, 9.17) is 0 Å². The molecular formula is C15H23NO. The van der Waals surface area contributed by atoms with Gasteiger partial charge in [0, 0.05) is 5.54 Å². The lowest BCUT2D eigenvalue weighted by Crippen LogP contribution is -2.48. The lowest BCUT2D eigenvalue weighted by molar-refractivity contribution is -0.127. The average molecular weight is 233 g/mol. The summed E-state index contributed by atoms with van der Waals surface area (Å²) in [7, 11) is 0. The molecule has 1 N–H and O–H groups in total. The Bertz CT molecular complexity index is 396. The van der Waals surface area contributed by atoms with Crippen LogP contribution in [0, 0.1) is 6.92 Å². The van der Waals surface area contributed by atoms with Gasteiger partial charge in [-0.05, 0) is 47.1 Å². The molecule has 2 nitrogen and oxygen atoms in total. The predicted molar refractivity (Wildman–Crippen MR) is 72.1 cm³/mol. The molecule has 0 spiro atoms. The number of carbonyl (C=O) groups excluding carboxylic acids is 1. The molecule has 0 aliphatic carbocycles. The minimum absolute atomic E-state index is 0.0638. The number of hydrogen-bond donors (Lipinski definition) is 1. The molecule has 0 saturated carbocycles. The van der Waals surface area contributed by atoms with Gasteiger partial charge in [-0.1, -0.05) is 29.8 Å². The zero-order chi connectivity index (χ0) is 13.3. The number of rotatable bonds is 2. The largest absolute Gasteiger partial charge is 0.351 e. The van der Waals surface area contributed by atoms with Gasteiger partial charge in [0.2, 0.25) is 5.91 Å². The van der Waals surface area contributed by atoms with E-state index >= 15 is 0 Å². The van der Waals surface area contributed by atoms with Gasteiger partial charge in [0.25, 0.3) is 0 Å². The van der Waals surface area contributed by atoms with Crippen molar-refractivity contribution in [2.24, 2.45) is 0 Å². The SMILES string of the molecule is Cc1ccc(C(C)(C)C(=O)NC(C)(C)C)cc1. The third-order valence-electron chi connectivity index (χ3n) is 2.83. The number of benzene rings is 1. The lowest BCUT2D eigenvalue weighted by Gasteiger charge is -2.30. The van der Waals surface area contributed by atoms with Crippen LogP contribution >= 0.6 is 0 Å². The molecule has 0 unspecified atom stereocenters. The molecule has 0 heterocycles. The van der Waals surface area contributed by atoms with Crippen LogP contribution in [-0.2, 0) is 10.2 Å². The van der Waals surface area contributed by atoms with Gasteiger partial charge in [0.05, 0.1) is 5.41 Å². The van der Waals surface area contributed by atoms with Crippen LogP contribution in [0.4, 0.5) is 0 Å². The first-order chi connectivity index (χ1) is 7.63. The lowest BCUT2D eigenvalue weighted by atomic mass is 9.82. The second-order valence-electron chi connectivity index (χ2n) is 6.20. The second-order valence-corrected chi connectivity index (χ2v) is 6.20. The van der Waals surface area contributed by atoms with E-state index in [1.807, 2.05) is 65.8 Å². The van der Waals surface area contributed by atoms with Gasteiger partial charge in [-0.15, -0.1) is 0 Å². The fraction of sp³-hybridized carbons (Fsp3) is 0.533. The Labute approximate surface area is 104 Å². The Kier molecular flexibility index (Phi) is 3.65. The van der Waals surface area contributed by atoms with E-state index in [2.05, 4.69) is 5.32 Å². The maximum absolute atomic E-state index is 12.3. The maximum Gasteiger partial charge on any atom is 0.230 e. The van der Waals surface area contributed by atoms with Crippen molar-refractivity contribution in [3.63, 3.8) is 0 Å². The van der Waals surface area contributed by atoms with Gasteiger partial charge >= 0.3 is 0 Å². The predicted octanol–water partition coefficient (Wildman–Crippen LogP) is 3.19. The number of nitrogens with one attached hydrogen (secondary N) is 1. The average Bonchev–Trinajstić information content (AvgIpc) is 2.15. The summed E-state index contributed by atoms with van der Waals surface area (Å²) in [5.41, 5.74) is 1.56. The topological polar surface area (TPSA) is 29.1 Å². The second kappa shape index (κ2) is 4.52. The molecule has 2 heteroatoms. The summed E-state index contributed by atoms with van der Waals surface area (Å²) < 4.78 is 0. The van der Waals surface area contributed by atoms with Crippen LogP contribution in [0.2, 0.25) is 0 Å². The number of carbonyl (C=O) groups is 1. The molecule has 0 aliphatic rings. The minimum Gasteiger partial charge on any atom is -0.351 e. The molecule has 1 amide bonds. The summed E-state index contributed by atoms with van der Waals surface area (Å²) in [4.78, 5) is 12.3. The van der Waals surface area contributed by atoms with Gasteiger partial charge in [-0.3, -0.25) is 4.79 Å². The Hall–Kier alpha value is -1.31. The summed E-state index contributed by atoms with van der Waals surface area (Å²) in [6.45, 7) is 12.0. The van der Waals surface area contributed by atoms with Crippen LogP contribution in [0.1, 0.15) is 45.7 Å². The standard InChI is InChI=1S/C15H23NO/c1-11-7-9-12(10-8-11)15(5,6)13(17)16-14(2,3)4/h7-10H,1-6H3,(H,16,17). The van der Waals surface area contributed by atoms with Crippen molar-refractivity contribution in [3.05, 3.63) is 35.4 Å². The van der Waals surface area contributed by atoms with Crippen LogP contribution < -0.4 is 5.32 Å². The quantitative estimate of drug-likeness (QED) is 0.835. The van der Waals surface area contributed by atoms with Crippen molar-refractivity contribution in [1.29, 1.82) is 0 Å². The third-order valence-corrected chi connectivity index (χ3v) is 2.83. The van der Waals surface area contributed by atoms with Crippen LogP contribution in [0.25, 0.3) is 0 Å². The molecule has 94 valence electrons. The van der Waals surface area contributed by atoms with Crippen molar-refractivity contribution in [3.8, 4) is 0 Å². The highest BCUT2D eigenvalue weighted by atomic mass is 16.2. The Morgan fingerprint density at radius 2 is 1.47 bits per heavy atom. The fourth-order valence-corrected chi connectivity index (χ4v) is 1.60. The molecule has 1 aromatic rings. The summed E-state index contributed by atoms with van der Waals surface area (Å²) in [5, 5.41) is 3.03. The Morgan fingerprint density at radius 1 is 1.00 bits per heavy atom. The molecular weight excluding hydrogens is 210 g/mol. The maximum atomic E-state index is 12.3. The highest BCUT2D eigenvalue weighted by Crippen LogP contribution is 2.24. The Morgan fingerprint density at radius 3 is 1.88 bits per heavy atom. The monoisotopic (exact) mass is 233 g/mol. The van der Waals surface area contributed by atoms with Gasteiger partial charge in [0.1, 0.15) is 0 Å². The number of amides is 1. The first kappa shape index (κ1) is 13.8. The zero-order valence-electron chi connectivity index (χ0n) is 11.7. The van der Waals surface area contributed by atoms with Gasteiger partial charge in [-0.25, -0.2) is 0 Å². The molecule has 0 radical (unpaired) electrons. The summed E-state index contributed by atoms with van der Waals surface area (Å²) in [6.07, 6.45) is 0. The van der Waals surface area contributed by atoms with Crippen molar-refractivity contribution < 1.29 is 4.79 Å². The minimum atomic E-state index is -0.499. The highest BCUT2D eigenvalue weighted by Gasteiger charge is 2.31. The molecule has 0 fully saturated rings. The van der Waals surface area contributed by atoms with Crippen LogP contribution in [-0.4, -0.2) is 11.4 Å². The molecule has 0 aliphatic heterocycles. The van der Waals surface area contributed by atoms with Crippen molar-refractivity contribution in [2.45, 2.75) is 52.5 Å². The van der Waals surface area contributed by atoms with E-state index < -0.39 is 5.41 Å². The normalized spacial score (nSPS) is 12.4. The van der Waals surface area contributed by atoms with Gasteiger partial charge < -0.3 is 5.32 Å². The number of aryl methyl sites for hydroxylation is 1. The van der Waals surface area contributed by atoms with Gasteiger partial charge in [-0.2, -0.15) is 0 Å². The molecule has 0 saturated heterocycles.